The lowest BCUT2D eigenvalue weighted by atomic mass is 9.98. The number of hydrogen-bond acceptors (Lipinski definition) is 5. The van der Waals surface area contributed by atoms with Crippen LogP contribution in [0.25, 0.3) is 11.2 Å². The molecule has 1 aliphatic rings. The van der Waals surface area contributed by atoms with Gasteiger partial charge in [-0.2, -0.15) is 5.10 Å². The Bertz CT molecular complexity index is 801. The molecule has 0 aliphatic carbocycles. The highest BCUT2D eigenvalue weighted by molar-refractivity contribution is 5.69. The molecule has 4 rings (SSSR count). The quantitative estimate of drug-likeness (QED) is 0.795. The Labute approximate surface area is 141 Å². The molecule has 0 saturated carbocycles. The van der Waals surface area contributed by atoms with E-state index >= 15 is 0 Å². The summed E-state index contributed by atoms with van der Waals surface area (Å²) in [7, 11) is 0. The second-order valence-corrected chi connectivity index (χ2v) is 6.69. The summed E-state index contributed by atoms with van der Waals surface area (Å²) in [5, 5.41) is 4.50. The van der Waals surface area contributed by atoms with Crippen molar-refractivity contribution in [1.29, 1.82) is 0 Å². The average molecular weight is 325 g/mol. The number of rotatable bonds is 4. The summed E-state index contributed by atoms with van der Waals surface area (Å²) < 4.78 is 2.05. The number of fused-ring (bicyclic) bond motifs is 1. The molecule has 3 aromatic heterocycles. The molecule has 1 aliphatic heterocycles. The van der Waals surface area contributed by atoms with Gasteiger partial charge >= 0.3 is 0 Å². The Balaban J connectivity index is 1.42. The molecule has 4 heterocycles. The van der Waals surface area contributed by atoms with Crippen molar-refractivity contribution in [3.63, 3.8) is 0 Å². The molecule has 0 radical (unpaired) electrons. The second-order valence-electron chi connectivity index (χ2n) is 6.69. The number of imidazole rings is 1. The van der Waals surface area contributed by atoms with Gasteiger partial charge in [0.25, 0.3) is 0 Å². The van der Waals surface area contributed by atoms with Gasteiger partial charge in [0.15, 0.2) is 5.65 Å². The van der Waals surface area contributed by atoms with Gasteiger partial charge in [-0.15, -0.1) is 0 Å². The molecular weight excluding hydrogens is 302 g/mol. The van der Waals surface area contributed by atoms with Gasteiger partial charge in [-0.25, -0.2) is 19.6 Å². The van der Waals surface area contributed by atoms with Crippen molar-refractivity contribution in [2.45, 2.75) is 39.8 Å². The first-order valence-electron chi connectivity index (χ1n) is 8.57. The van der Waals surface area contributed by atoms with Gasteiger partial charge in [0.2, 0.25) is 0 Å². The predicted octanol–water partition coefficient (Wildman–Crippen LogP) is 2.08. The monoisotopic (exact) mass is 325 g/mol. The zero-order valence-electron chi connectivity index (χ0n) is 14.2. The van der Waals surface area contributed by atoms with Crippen molar-refractivity contribution in [3.05, 3.63) is 35.8 Å². The molecule has 1 saturated heterocycles. The molecule has 7 nitrogen and oxygen atoms in total. The fraction of sp³-hybridized carbons (Fsp3) is 0.529. The van der Waals surface area contributed by atoms with Gasteiger partial charge in [0, 0.05) is 19.3 Å². The predicted molar refractivity (Wildman–Crippen MR) is 91.4 cm³/mol. The van der Waals surface area contributed by atoms with Crippen LogP contribution in [-0.4, -0.2) is 47.7 Å². The van der Waals surface area contributed by atoms with E-state index in [0.717, 1.165) is 54.8 Å². The molecule has 0 bridgehead atoms. The van der Waals surface area contributed by atoms with Crippen LogP contribution < -0.4 is 0 Å². The van der Waals surface area contributed by atoms with Crippen LogP contribution in [0.5, 0.6) is 0 Å². The third-order valence-electron chi connectivity index (χ3n) is 4.68. The minimum absolute atomic E-state index is 0.612. The Kier molecular flexibility index (Phi) is 4.02. The Morgan fingerprint density at radius 2 is 2.21 bits per heavy atom. The largest absolute Gasteiger partial charge is 0.340 e. The second kappa shape index (κ2) is 6.32. The summed E-state index contributed by atoms with van der Waals surface area (Å²) in [6.07, 6.45) is 4.25. The number of aryl methyl sites for hydroxylation is 2. The van der Waals surface area contributed by atoms with Gasteiger partial charge in [0.05, 0.1) is 12.1 Å². The molecule has 0 spiro atoms. The smallest absolute Gasteiger partial charge is 0.177 e. The summed E-state index contributed by atoms with van der Waals surface area (Å²) in [5.41, 5.74) is 1.81. The molecule has 0 aromatic carbocycles. The van der Waals surface area contributed by atoms with Gasteiger partial charge in [-0.05, 0) is 51.3 Å². The minimum Gasteiger partial charge on any atom is -0.340 e. The number of H-pyrrole nitrogens is 1. The lowest BCUT2D eigenvalue weighted by molar-refractivity contribution is 0.150. The van der Waals surface area contributed by atoms with Crippen LogP contribution in [0.1, 0.15) is 30.3 Å². The molecule has 1 unspecified atom stereocenters. The zero-order valence-corrected chi connectivity index (χ0v) is 14.2. The number of aromatic amines is 1. The Morgan fingerprint density at radius 3 is 3.00 bits per heavy atom. The number of nitrogens with one attached hydrogen (secondary N) is 1. The summed E-state index contributed by atoms with van der Waals surface area (Å²) in [6.45, 7) is 7.97. The SMILES string of the molecule is Cc1nc(C)n(CC2CCCN(Cc3nc4ncccc4[nH]3)C2)n1. The van der Waals surface area contributed by atoms with Gasteiger partial charge in [0.1, 0.15) is 17.5 Å². The molecule has 1 atom stereocenters. The van der Waals surface area contributed by atoms with Crippen LogP contribution in [0.15, 0.2) is 18.3 Å². The maximum absolute atomic E-state index is 4.60. The van der Waals surface area contributed by atoms with E-state index in [2.05, 4.69) is 34.6 Å². The lowest BCUT2D eigenvalue weighted by Gasteiger charge is -2.32. The first-order chi connectivity index (χ1) is 11.7. The van der Waals surface area contributed by atoms with Crippen LogP contribution in [0, 0.1) is 19.8 Å². The standard InChI is InChI=1S/C17H23N7/c1-12-19-13(2)24(22-12)10-14-5-4-8-23(9-14)11-16-20-15-6-3-7-18-17(15)21-16/h3,6-7,14H,4-5,8-11H2,1-2H3,(H,18,20,21). The highest BCUT2D eigenvalue weighted by Crippen LogP contribution is 2.20. The fourth-order valence-electron chi connectivity index (χ4n) is 3.60. The molecule has 126 valence electrons. The van der Waals surface area contributed by atoms with Crippen molar-refractivity contribution in [1.82, 2.24) is 34.6 Å². The number of aromatic nitrogens is 6. The first-order valence-corrected chi connectivity index (χ1v) is 8.57. The van der Waals surface area contributed by atoms with E-state index in [0.29, 0.717) is 5.92 Å². The third kappa shape index (κ3) is 3.17. The van der Waals surface area contributed by atoms with Gasteiger partial charge < -0.3 is 4.98 Å². The fourth-order valence-corrected chi connectivity index (χ4v) is 3.60. The van der Waals surface area contributed by atoms with Gasteiger partial charge in [-0.1, -0.05) is 0 Å². The number of nitrogens with zero attached hydrogens (tertiary/aromatic N) is 6. The van der Waals surface area contributed by atoms with E-state index in [1.807, 2.05) is 26.0 Å². The minimum atomic E-state index is 0.612. The molecule has 0 amide bonds. The lowest BCUT2D eigenvalue weighted by Crippen LogP contribution is -2.37. The summed E-state index contributed by atoms with van der Waals surface area (Å²) >= 11 is 0. The summed E-state index contributed by atoms with van der Waals surface area (Å²) in [5.74, 6) is 3.47. The molecule has 1 fully saturated rings. The van der Waals surface area contributed by atoms with Crippen LogP contribution in [0.3, 0.4) is 0 Å². The maximum atomic E-state index is 4.60. The van der Waals surface area contributed by atoms with E-state index < -0.39 is 0 Å². The van der Waals surface area contributed by atoms with Crippen LogP contribution in [-0.2, 0) is 13.1 Å². The Morgan fingerprint density at radius 1 is 1.29 bits per heavy atom. The molecular formula is C17H23N7. The topological polar surface area (TPSA) is 75.5 Å². The molecule has 7 heteroatoms. The summed E-state index contributed by atoms with van der Waals surface area (Å²) in [6, 6.07) is 3.96. The van der Waals surface area contributed by atoms with Crippen molar-refractivity contribution >= 4 is 11.2 Å². The van der Waals surface area contributed by atoms with Crippen LogP contribution >= 0.6 is 0 Å². The van der Waals surface area contributed by atoms with E-state index in [-0.39, 0.29) is 0 Å². The molecule has 24 heavy (non-hydrogen) atoms. The normalized spacial score (nSPS) is 19.2. The van der Waals surface area contributed by atoms with Crippen molar-refractivity contribution in [2.24, 2.45) is 5.92 Å². The molecule has 1 N–H and O–H groups in total. The van der Waals surface area contributed by atoms with E-state index in [1.165, 1.54) is 12.8 Å². The van der Waals surface area contributed by atoms with E-state index in [4.69, 9.17) is 0 Å². The highest BCUT2D eigenvalue weighted by atomic mass is 15.3. The molecule has 3 aromatic rings. The highest BCUT2D eigenvalue weighted by Gasteiger charge is 2.22. The first kappa shape index (κ1) is 15.3. The third-order valence-corrected chi connectivity index (χ3v) is 4.68. The van der Waals surface area contributed by atoms with Crippen LogP contribution in [0.2, 0.25) is 0 Å². The summed E-state index contributed by atoms with van der Waals surface area (Å²) in [4.78, 5) is 19.2. The maximum Gasteiger partial charge on any atom is 0.177 e. The van der Waals surface area contributed by atoms with Crippen LogP contribution in [0.4, 0.5) is 0 Å². The Hall–Kier alpha value is -2.28. The van der Waals surface area contributed by atoms with Gasteiger partial charge in [-0.3, -0.25) is 4.90 Å². The number of hydrogen-bond donors (Lipinski definition) is 1. The van der Waals surface area contributed by atoms with Crippen molar-refractivity contribution in [2.75, 3.05) is 13.1 Å². The average Bonchev–Trinajstić information content (AvgIpc) is 3.10. The van der Waals surface area contributed by atoms with Crippen molar-refractivity contribution in [3.8, 4) is 0 Å². The van der Waals surface area contributed by atoms with Crippen molar-refractivity contribution < 1.29 is 0 Å². The van der Waals surface area contributed by atoms with E-state index in [9.17, 15) is 0 Å². The number of pyridine rings is 1. The zero-order chi connectivity index (χ0) is 16.5. The van der Waals surface area contributed by atoms with E-state index in [1.54, 1.807) is 6.20 Å². The number of likely N-dealkylation sites (tertiary alicyclic amines) is 1. The number of piperidine rings is 1.